The summed E-state index contributed by atoms with van der Waals surface area (Å²) in [5.74, 6) is 0.593. The van der Waals surface area contributed by atoms with Gasteiger partial charge in [-0.25, -0.2) is 4.39 Å². The molecule has 0 aliphatic carbocycles. The minimum Gasteiger partial charge on any atom is -0.316 e. The van der Waals surface area contributed by atoms with Gasteiger partial charge < -0.3 is 5.32 Å². The number of halogens is 2. The van der Waals surface area contributed by atoms with Crippen LogP contribution in [0.15, 0.2) is 22.7 Å². The first-order chi connectivity index (χ1) is 8.65. The highest BCUT2D eigenvalue weighted by molar-refractivity contribution is 9.10. The Morgan fingerprint density at radius 2 is 2.33 bits per heavy atom. The van der Waals surface area contributed by atoms with Gasteiger partial charge in [0.2, 0.25) is 0 Å². The lowest BCUT2D eigenvalue weighted by Crippen LogP contribution is -2.11. The molecule has 1 heterocycles. The van der Waals surface area contributed by atoms with Crippen LogP contribution in [0, 0.1) is 11.7 Å². The molecule has 2 nitrogen and oxygen atoms in total. The van der Waals surface area contributed by atoms with Crippen LogP contribution in [-0.2, 0) is 11.2 Å². The van der Waals surface area contributed by atoms with Crippen molar-refractivity contribution in [2.45, 2.75) is 25.7 Å². The zero-order chi connectivity index (χ0) is 13.0. The largest absolute Gasteiger partial charge is 0.316 e. The van der Waals surface area contributed by atoms with E-state index in [2.05, 4.69) is 21.2 Å². The van der Waals surface area contributed by atoms with E-state index in [9.17, 15) is 9.18 Å². The standard InChI is InChI=1S/C14H17BrFNO/c15-14-8-12(16)3-2-11(14)7-13(18)4-1-10-5-6-17-9-10/h2-3,8,10,17H,1,4-7,9H2. The number of nitrogens with one attached hydrogen (secondary N) is 1. The second-order valence-corrected chi connectivity index (χ2v) is 5.70. The molecule has 4 heteroatoms. The Hall–Kier alpha value is -0.740. The topological polar surface area (TPSA) is 29.1 Å². The molecule has 1 aliphatic heterocycles. The summed E-state index contributed by atoms with van der Waals surface area (Å²) in [5, 5.41) is 3.30. The quantitative estimate of drug-likeness (QED) is 0.905. The Balaban J connectivity index is 1.82. The van der Waals surface area contributed by atoms with Gasteiger partial charge in [0.15, 0.2) is 0 Å². The maximum atomic E-state index is 12.9. The number of ketones is 1. The summed E-state index contributed by atoms with van der Waals surface area (Å²) in [4.78, 5) is 11.9. The van der Waals surface area contributed by atoms with Crippen molar-refractivity contribution in [1.82, 2.24) is 5.32 Å². The molecule has 1 unspecified atom stereocenters. The van der Waals surface area contributed by atoms with Gasteiger partial charge in [-0.1, -0.05) is 22.0 Å². The van der Waals surface area contributed by atoms with E-state index < -0.39 is 0 Å². The van der Waals surface area contributed by atoms with Crippen molar-refractivity contribution in [1.29, 1.82) is 0 Å². The minimum atomic E-state index is -0.282. The molecular weight excluding hydrogens is 297 g/mol. The van der Waals surface area contributed by atoms with Gasteiger partial charge in [0, 0.05) is 17.3 Å². The second-order valence-electron chi connectivity index (χ2n) is 4.85. The molecular formula is C14H17BrFNO. The smallest absolute Gasteiger partial charge is 0.137 e. The summed E-state index contributed by atoms with van der Waals surface area (Å²) in [6.45, 7) is 2.11. The third kappa shape index (κ3) is 3.89. The number of carbonyl (C=O) groups is 1. The van der Waals surface area contributed by atoms with Crippen LogP contribution in [0.4, 0.5) is 4.39 Å². The summed E-state index contributed by atoms with van der Waals surface area (Å²) in [6, 6.07) is 4.48. The monoisotopic (exact) mass is 313 g/mol. The summed E-state index contributed by atoms with van der Waals surface area (Å²) in [7, 11) is 0. The molecule has 1 atom stereocenters. The first-order valence-corrected chi connectivity index (χ1v) is 7.11. The first kappa shape index (κ1) is 13.7. The second kappa shape index (κ2) is 6.43. The van der Waals surface area contributed by atoms with Gasteiger partial charge >= 0.3 is 0 Å². The number of carbonyl (C=O) groups excluding carboxylic acids is 1. The molecule has 1 aliphatic rings. The molecule has 0 aromatic heterocycles. The van der Waals surface area contributed by atoms with Gasteiger partial charge in [0.25, 0.3) is 0 Å². The average Bonchev–Trinajstić information content (AvgIpc) is 2.83. The summed E-state index contributed by atoms with van der Waals surface area (Å²) in [6.07, 6.45) is 3.15. The molecule has 1 saturated heterocycles. The van der Waals surface area contributed by atoms with E-state index in [-0.39, 0.29) is 11.6 Å². The predicted octanol–water partition coefficient (Wildman–Crippen LogP) is 3.09. The highest BCUT2D eigenvalue weighted by atomic mass is 79.9. The summed E-state index contributed by atoms with van der Waals surface area (Å²) < 4.78 is 13.6. The van der Waals surface area contributed by atoms with E-state index in [0.29, 0.717) is 23.2 Å². The molecule has 1 aromatic rings. The fourth-order valence-corrected chi connectivity index (χ4v) is 2.78. The van der Waals surface area contributed by atoms with E-state index in [1.54, 1.807) is 6.07 Å². The van der Waals surface area contributed by atoms with E-state index in [1.807, 2.05) is 0 Å². The zero-order valence-corrected chi connectivity index (χ0v) is 11.8. The molecule has 0 amide bonds. The Morgan fingerprint density at radius 3 is 3.00 bits per heavy atom. The number of hydrogen-bond donors (Lipinski definition) is 1. The average molecular weight is 314 g/mol. The Bertz CT molecular complexity index is 430. The van der Waals surface area contributed by atoms with Crippen molar-refractivity contribution in [3.63, 3.8) is 0 Å². The van der Waals surface area contributed by atoms with Crippen LogP contribution in [0.25, 0.3) is 0 Å². The number of benzene rings is 1. The zero-order valence-electron chi connectivity index (χ0n) is 10.2. The van der Waals surface area contributed by atoms with E-state index in [0.717, 1.165) is 25.1 Å². The van der Waals surface area contributed by atoms with Crippen molar-refractivity contribution in [3.8, 4) is 0 Å². The van der Waals surface area contributed by atoms with Gasteiger partial charge in [0.05, 0.1) is 0 Å². The highest BCUT2D eigenvalue weighted by Gasteiger charge is 2.16. The molecule has 2 rings (SSSR count). The Labute approximate surface area is 115 Å². The van der Waals surface area contributed by atoms with Gasteiger partial charge in [-0.2, -0.15) is 0 Å². The van der Waals surface area contributed by atoms with Crippen LogP contribution in [0.5, 0.6) is 0 Å². The number of rotatable bonds is 5. The number of hydrogen-bond acceptors (Lipinski definition) is 2. The van der Waals surface area contributed by atoms with Crippen molar-refractivity contribution >= 4 is 21.7 Å². The van der Waals surface area contributed by atoms with Crippen molar-refractivity contribution < 1.29 is 9.18 Å². The number of Topliss-reactive ketones (excluding diaryl/α,β-unsaturated/α-hetero) is 1. The van der Waals surface area contributed by atoms with E-state index in [4.69, 9.17) is 0 Å². The van der Waals surface area contributed by atoms with Crippen LogP contribution in [-0.4, -0.2) is 18.9 Å². The fourth-order valence-electron chi connectivity index (χ4n) is 2.29. The third-order valence-electron chi connectivity index (χ3n) is 3.40. The van der Waals surface area contributed by atoms with Gasteiger partial charge in [-0.05, 0) is 49.5 Å². The third-order valence-corrected chi connectivity index (χ3v) is 4.13. The van der Waals surface area contributed by atoms with Crippen LogP contribution in [0.1, 0.15) is 24.8 Å². The maximum absolute atomic E-state index is 12.9. The molecule has 0 spiro atoms. The molecule has 1 N–H and O–H groups in total. The van der Waals surface area contributed by atoms with Gasteiger partial charge in [-0.3, -0.25) is 4.79 Å². The molecule has 0 radical (unpaired) electrons. The van der Waals surface area contributed by atoms with Crippen LogP contribution in [0.2, 0.25) is 0 Å². The SMILES string of the molecule is O=C(CCC1CCNC1)Cc1ccc(F)cc1Br. The summed E-state index contributed by atoms with van der Waals surface area (Å²) in [5.41, 5.74) is 0.867. The molecule has 98 valence electrons. The molecule has 0 bridgehead atoms. The van der Waals surface area contributed by atoms with Gasteiger partial charge in [0.1, 0.15) is 11.6 Å². The van der Waals surface area contributed by atoms with Crippen LogP contribution >= 0.6 is 15.9 Å². The highest BCUT2D eigenvalue weighted by Crippen LogP contribution is 2.20. The first-order valence-electron chi connectivity index (χ1n) is 6.31. The summed E-state index contributed by atoms with van der Waals surface area (Å²) >= 11 is 3.29. The van der Waals surface area contributed by atoms with E-state index in [1.165, 1.54) is 18.6 Å². The van der Waals surface area contributed by atoms with Gasteiger partial charge in [-0.15, -0.1) is 0 Å². The normalized spacial score (nSPS) is 19.1. The lowest BCUT2D eigenvalue weighted by molar-refractivity contribution is -0.118. The van der Waals surface area contributed by atoms with Crippen molar-refractivity contribution in [3.05, 3.63) is 34.1 Å². The van der Waals surface area contributed by atoms with Crippen molar-refractivity contribution in [2.24, 2.45) is 5.92 Å². The fraction of sp³-hybridized carbons (Fsp3) is 0.500. The Morgan fingerprint density at radius 1 is 1.50 bits per heavy atom. The molecule has 0 saturated carbocycles. The Kier molecular flexibility index (Phi) is 4.89. The van der Waals surface area contributed by atoms with Crippen LogP contribution < -0.4 is 5.32 Å². The lowest BCUT2D eigenvalue weighted by Gasteiger charge is -2.08. The van der Waals surface area contributed by atoms with Crippen LogP contribution in [0.3, 0.4) is 0 Å². The predicted molar refractivity (Wildman–Crippen MR) is 73.0 cm³/mol. The maximum Gasteiger partial charge on any atom is 0.137 e. The molecule has 1 aromatic carbocycles. The molecule has 1 fully saturated rings. The van der Waals surface area contributed by atoms with Crippen molar-refractivity contribution in [2.75, 3.05) is 13.1 Å². The van der Waals surface area contributed by atoms with E-state index >= 15 is 0 Å². The molecule has 18 heavy (non-hydrogen) atoms. The lowest BCUT2D eigenvalue weighted by atomic mass is 9.98. The minimum absolute atomic E-state index is 0.231.